The van der Waals surface area contributed by atoms with Crippen molar-refractivity contribution in [1.29, 1.82) is 0 Å². The molecule has 0 fully saturated rings. The SMILES string of the molecule is CC(C)c1cc(C(=O)N(C)C[C@@H]2Cc3ccccc3O2)nc2ncnn12. The fraction of sp³-hybridized carbons (Fsp3) is 0.368. The molecular formula is C19H21N5O2. The topological polar surface area (TPSA) is 72.6 Å². The lowest BCUT2D eigenvalue weighted by molar-refractivity contribution is 0.0724. The molecule has 0 saturated carbocycles. The van der Waals surface area contributed by atoms with E-state index < -0.39 is 0 Å². The summed E-state index contributed by atoms with van der Waals surface area (Å²) in [4.78, 5) is 23.1. The minimum Gasteiger partial charge on any atom is -0.488 e. The largest absolute Gasteiger partial charge is 0.488 e. The number of fused-ring (bicyclic) bond motifs is 2. The molecule has 0 N–H and O–H groups in total. The second-order valence-electron chi connectivity index (χ2n) is 6.93. The van der Waals surface area contributed by atoms with Crippen LogP contribution in [0.3, 0.4) is 0 Å². The van der Waals surface area contributed by atoms with Crippen LogP contribution in [-0.2, 0) is 6.42 Å². The van der Waals surface area contributed by atoms with E-state index in [0.29, 0.717) is 18.0 Å². The summed E-state index contributed by atoms with van der Waals surface area (Å²) in [6.07, 6.45) is 2.22. The molecule has 1 aromatic carbocycles. The Morgan fingerprint density at radius 2 is 2.19 bits per heavy atom. The van der Waals surface area contributed by atoms with Crippen molar-refractivity contribution in [3.8, 4) is 5.75 Å². The number of aromatic nitrogens is 4. The van der Waals surface area contributed by atoms with Gasteiger partial charge in [-0.15, -0.1) is 0 Å². The van der Waals surface area contributed by atoms with Gasteiger partial charge in [-0.2, -0.15) is 10.1 Å². The van der Waals surface area contributed by atoms with Gasteiger partial charge in [-0.3, -0.25) is 4.79 Å². The third kappa shape index (κ3) is 2.89. The van der Waals surface area contributed by atoms with Gasteiger partial charge in [0.05, 0.1) is 12.2 Å². The number of hydrogen-bond acceptors (Lipinski definition) is 5. The molecule has 0 radical (unpaired) electrons. The highest BCUT2D eigenvalue weighted by molar-refractivity contribution is 5.92. The van der Waals surface area contributed by atoms with Gasteiger partial charge in [0.25, 0.3) is 11.7 Å². The maximum atomic E-state index is 12.9. The van der Waals surface area contributed by atoms with Gasteiger partial charge in [0.1, 0.15) is 23.9 Å². The average Bonchev–Trinajstić information content (AvgIpc) is 3.25. The van der Waals surface area contributed by atoms with Crippen LogP contribution in [0.15, 0.2) is 36.7 Å². The summed E-state index contributed by atoms with van der Waals surface area (Å²) in [7, 11) is 1.78. The Morgan fingerprint density at radius 1 is 1.38 bits per heavy atom. The van der Waals surface area contributed by atoms with Crippen molar-refractivity contribution >= 4 is 11.7 Å². The molecule has 4 rings (SSSR count). The first kappa shape index (κ1) is 16.5. The van der Waals surface area contributed by atoms with Gasteiger partial charge in [-0.25, -0.2) is 9.50 Å². The van der Waals surface area contributed by atoms with Gasteiger partial charge < -0.3 is 9.64 Å². The van der Waals surface area contributed by atoms with Crippen molar-refractivity contribution in [1.82, 2.24) is 24.5 Å². The Balaban J connectivity index is 1.53. The predicted molar refractivity (Wildman–Crippen MR) is 96.4 cm³/mol. The maximum Gasteiger partial charge on any atom is 0.272 e. The number of likely N-dealkylation sites (N-methyl/N-ethyl adjacent to an activating group) is 1. The number of para-hydroxylation sites is 1. The smallest absolute Gasteiger partial charge is 0.272 e. The monoisotopic (exact) mass is 351 g/mol. The Hall–Kier alpha value is -2.96. The second kappa shape index (κ2) is 6.40. The molecular weight excluding hydrogens is 330 g/mol. The van der Waals surface area contributed by atoms with Gasteiger partial charge in [0.15, 0.2) is 0 Å². The molecule has 2 aromatic heterocycles. The highest BCUT2D eigenvalue weighted by Gasteiger charge is 2.26. The van der Waals surface area contributed by atoms with Gasteiger partial charge in [-0.05, 0) is 23.6 Å². The molecule has 7 nitrogen and oxygen atoms in total. The lowest BCUT2D eigenvalue weighted by Crippen LogP contribution is -2.37. The minimum atomic E-state index is -0.142. The number of benzene rings is 1. The molecule has 1 aliphatic rings. The number of carbonyl (C=O) groups is 1. The van der Waals surface area contributed by atoms with Crippen LogP contribution >= 0.6 is 0 Å². The van der Waals surface area contributed by atoms with Crippen molar-refractivity contribution in [2.24, 2.45) is 0 Å². The quantitative estimate of drug-likeness (QED) is 0.721. The summed E-state index contributed by atoms with van der Waals surface area (Å²) in [6.45, 7) is 4.61. The molecule has 0 aliphatic carbocycles. The van der Waals surface area contributed by atoms with Crippen molar-refractivity contribution in [2.75, 3.05) is 13.6 Å². The Bertz CT molecular complexity index is 940. The van der Waals surface area contributed by atoms with Crippen LogP contribution in [0.4, 0.5) is 0 Å². The summed E-state index contributed by atoms with van der Waals surface area (Å²) in [6, 6.07) is 9.79. The zero-order valence-electron chi connectivity index (χ0n) is 15.1. The lowest BCUT2D eigenvalue weighted by Gasteiger charge is -2.21. The highest BCUT2D eigenvalue weighted by atomic mass is 16.5. The number of hydrogen-bond donors (Lipinski definition) is 0. The van der Waals surface area contributed by atoms with E-state index in [1.807, 2.05) is 18.2 Å². The first-order valence-corrected chi connectivity index (χ1v) is 8.73. The number of amides is 1. The highest BCUT2D eigenvalue weighted by Crippen LogP contribution is 2.28. The fourth-order valence-corrected chi connectivity index (χ4v) is 3.30. The molecule has 3 heterocycles. The van der Waals surface area contributed by atoms with E-state index in [4.69, 9.17) is 4.74 Å². The van der Waals surface area contributed by atoms with Crippen LogP contribution in [0.2, 0.25) is 0 Å². The van der Waals surface area contributed by atoms with Gasteiger partial charge >= 0.3 is 0 Å². The van der Waals surface area contributed by atoms with Crippen molar-refractivity contribution in [2.45, 2.75) is 32.3 Å². The standard InChI is InChI=1S/C19H21N5O2/c1-12(2)16-9-15(22-19-20-11-21-24(16)19)18(25)23(3)10-14-8-13-6-4-5-7-17(13)26-14/h4-7,9,11-12,14H,8,10H2,1-3H3/t14-/m0/s1. The molecule has 1 amide bonds. The van der Waals surface area contributed by atoms with Crippen molar-refractivity contribution in [3.63, 3.8) is 0 Å². The van der Waals surface area contributed by atoms with E-state index in [9.17, 15) is 4.79 Å². The van der Waals surface area contributed by atoms with E-state index in [1.165, 1.54) is 11.9 Å². The van der Waals surface area contributed by atoms with Gasteiger partial charge in [0, 0.05) is 13.5 Å². The van der Waals surface area contributed by atoms with E-state index >= 15 is 0 Å². The summed E-state index contributed by atoms with van der Waals surface area (Å²) >= 11 is 0. The van der Waals surface area contributed by atoms with Crippen LogP contribution in [0.5, 0.6) is 5.75 Å². The molecule has 7 heteroatoms. The fourth-order valence-electron chi connectivity index (χ4n) is 3.30. The van der Waals surface area contributed by atoms with Crippen LogP contribution in [-0.4, -0.2) is 50.1 Å². The molecule has 134 valence electrons. The van der Waals surface area contributed by atoms with Crippen molar-refractivity contribution in [3.05, 3.63) is 53.6 Å². The summed E-state index contributed by atoms with van der Waals surface area (Å²) in [5.74, 6) is 1.41. The van der Waals surface area contributed by atoms with E-state index in [0.717, 1.165) is 17.9 Å². The first-order chi connectivity index (χ1) is 12.5. The zero-order chi connectivity index (χ0) is 18.3. The van der Waals surface area contributed by atoms with Gasteiger partial charge in [-0.1, -0.05) is 32.0 Å². The van der Waals surface area contributed by atoms with Crippen LogP contribution in [0.1, 0.15) is 41.5 Å². The molecule has 26 heavy (non-hydrogen) atoms. The number of carbonyl (C=O) groups excluding carboxylic acids is 1. The Kier molecular flexibility index (Phi) is 4.06. The number of ether oxygens (including phenoxy) is 1. The predicted octanol–water partition coefficient (Wildman–Crippen LogP) is 2.32. The molecule has 0 spiro atoms. The van der Waals surface area contributed by atoms with Crippen molar-refractivity contribution < 1.29 is 9.53 Å². The molecule has 3 aromatic rings. The third-order valence-electron chi connectivity index (χ3n) is 4.63. The van der Waals surface area contributed by atoms with E-state index in [1.54, 1.807) is 22.5 Å². The average molecular weight is 351 g/mol. The van der Waals surface area contributed by atoms with Crippen LogP contribution in [0.25, 0.3) is 5.78 Å². The first-order valence-electron chi connectivity index (χ1n) is 8.73. The number of rotatable bonds is 4. The molecule has 1 atom stereocenters. The molecule has 0 saturated heterocycles. The van der Waals surface area contributed by atoms with Crippen LogP contribution in [0, 0.1) is 0 Å². The Labute approximate surface area is 151 Å². The summed E-state index contributed by atoms with van der Waals surface area (Å²) < 4.78 is 7.62. The molecule has 0 bridgehead atoms. The maximum absolute atomic E-state index is 12.9. The third-order valence-corrected chi connectivity index (χ3v) is 4.63. The summed E-state index contributed by atoms with van der Waals surface area (Å²) in [5, 5.41) is 4.19. The normalized spacial score (nSPS) is 15.9. The minimum absolute atomic E-state index is 0.0391. The molecule has 1 aliphatic heterocycles. The number of nitrogens with zero attached hydrogens (tertiary/aromatic N) is 5. The van der Waals surface area contributed by atoms with E-state index in [-0.39, 0.29) is 17.9 Å². The second-order valence-corrected chi connectivity index (χ2v) is 6.93. The lowest BCUT2D eigenvalue weighted by atomic mass is 10.1. The summed E-state index contributed by atoms with van der Waals surface area (Å²) in [5.41, 5.74) is 2.48. The van der Waals surface area contributed by atoms with Gasteiger partial charge in [0.2, 0.25) is 0 Å². The molecule has 0 unspecified atom stereocenters. The zero-order valence-corrected chi connectivity index (χ0v) is 15.1. The van der Waals surface area contributed by atoms with E-state index in [2.05, 4.69) is 35.0 Å². The Morgan fingerprint density at radius 3 is 2.96 bits per heavy atom. The van der Waals surface area contributed by atoms with Crippen LogP contribution < -0.4 is 4.74 Å².